The fourth-order valence-corrected chi connectivity index (χ4v) is 4.17. The molecule has 3 aromatic rings. The smallest absolute Gasteiger partial charge is 0.321 e. The monoisotopic (exact) mass is 548 g/mol. The van der Waals surface area contributed by atoms with Gasteiger partial charge in [0.2, 0.25) is 5.88 Å². The first-order valence-corrected chi connectivity index (χ1v) is 12.8. The zero-order valence-electron chi connectivity index (χ0n) is 22.4. The molecular weight excluding hydrogens is 518 g/mol. The summed E-state index contributed by atoms with van der Waals surface area (Å²) in [7, 11) is 1.61. The highest BCUT2D eigenvalue weighted by molar-refractivity contribution is 5.97. The van der Waals surface area contributed by atoms with Gasteiger partial charge in [-0.1, -0.05) is 18.8 Å². The lowest BCUT2D eigenvalue weighted by atomic mass is 10.00. The van der Waals surface area contributed by atoms with Crippen molar-refractivity contribution >= 4 is 17.6 Å². The third-order valence-corrected chi connectivity index (χ3v) is 6.61. The van der Waals surface area contributed by atoms with Crippen molar-refractivity contribution < 1.29 is 28.2 Å². The molecule has 0 unspecified atom stereocenters. The van der Waals surface area contributed by atoms with E-state index in [1.54, 1.807) is 37.1 Å². The van der Waals surface area contributed by atoms with E-state index in [1.165, 1.54) is 47.5 Å². The lowest BCUT2D eigenvalue weighted by Gasteiger charge is -2.37. The highest BCUT2D eigenvalue weighted by Gasteiger charge is 2.34. The molecule has 0 saturated carbocycles. The number of aliphatic hydroxyl groups excluding tert-OH is 1. The Bertz CT molecular complexity index is 1420. The number of fused-ring (bicyclic) bond motifs is 1. The second-order valence-corrected chi connectivity index (χ2v) is 9.77. The molecule has 2 heterocycles. The van der Waals surface area contributed by atoms with E-state index in [0.717, 1.165) is 0 Å². The Kier molecular flexibility index (Phi) is 8.97. The van der Waals surface area contributed by atoms with Crippen LogP contribution in [0.5, 0.6) is 5.88 Å². The van der Waals surface area contributed by atoms with Gasteiger partial charge in [-0.15, -0.1) is 0 Å². The lowest BCUT2D eigenvalue weighted by Crippen LogP contribution is -2.50. The van der Waals surface area contributed by atoms with Crippen LogP contribution >= 0.6 is 0 Å². The second kappa shape index (κ2) is 12.6. The normalized spacial score (nSPS) is 17.4. The maximum atomic E-state index is 13.6. The molecule has 1 aliphatic rings. The summed E-state index contributed by atoms with van der Waals surface area (Å²) in [4.78, 5) is 33.8. The van der Waals surface area contributed by atoms with Gasteiger partial charge >= 0.3 is 6.03 Å². The maximum Gasteiger partial charge on any atom is 0.321 e. The highest BCUT2D eigenvalue weighted by atomic mass is 19.1. The van der Waals surface area contributed by atoms with Crippen molar-refractivity contribution in [2.75, 3.05) is 32.1 Å². The number of benzene rings is 2. The number of carbonyl (C=O) groups is 2. The Labute approximate surface area is 231 Å². The molecule has 0 radical (unpaired) electrons. The van der Waals surface area contributed by atoms with Crippen molar-refractivity contribution in [1.29, 1.82) is 0 Å². The molecule has 1 aromatic heterocycles. The summed E-state index contributed by atoms with van der Waals surface area (Å²) >= 11 is 0. The summed E-state index contributed by atoms with van der Waals surface area (Å²) in [6.07, 6.45) is 0.935. The van der Waals surface area contributed by atoms with Gasteiger partial charge in [-0.3, -0.25) is 4.79 Å². The maximum absolute atomic E-state index is 13.6. The van der Waals surface area contributed by atoms with Gasteiger partial charge in [-0.25, -0.2) is 18.6 Å². The predicted molar refractivity (Wildman–Crippen MR) is 146 cm³/mol. The molecule has 40 heavy (non-hydrogen) atoms. The number of hydrogen-bond acceptors (Lipinski definition) is 5. The number of pyridine rings is 1. The first-order valence-electron chi connectivity index (χ1n) is 12.8. The van der Waals surface area contributed by atoms with E-state index >= 15 is 0 Å². The van der Waals surface area contributed by atoms with Crippen molar-refractivity contribution in [3.05, 3.63) is 89.1 Å². The van der Waals surface area contributed by atoms with Gasteiger partial charge in [0, 0.05) is 42.5 Å². The lowest BCUT2D eigenvalue weighted by molar-refractivity contribution is 0.0356. The number of carbonyl (C=O) groups excluding carboxylic acids is 2. The SMILES string of the molecule is C[C@@H]1CN([C@@H](C)CO)C(=O)c2cc(C#Cc3ccc(F)cc3)cnc2O[C@H]1CN(C)C(=O)Nc1ccc(F)cc1. The van der Waals surface area contributed by atoms with E-state index in [9.17, 15) is 23.5 Å². The first-order chi connectivity index (χ1) is 19.1. The van der Waals surface area contributed by atoms with Gasteiger partial charge in [0.25, 0.3) is 5.91 Å². The van der Waals surface area contributed by atoms with Crippen molar-refractivity contribution in [2.24, 2.45) is 5.92 Å². The quantitative estimate of drug-likeness (QED) is 0.468. The fourth-order valence-electron chi connectivity index (χ4n) is 4.17. The topological polar surface area (TPSA) is 95.0 Å². The molecule has 0 bridgehead atoms. The average molecular weight is 549 g/mol. The summed E-state index contributed by atoms with van der Waals surface area (Å²) in [6.45, 7) is 3.83. The number of anilines is 1. The van der Waals surface area contributed by atoms with Crippen molar-refractivity contribution in [3.63, 3.8) is 0 Å². The molecule has 0 fully saturated rings. The molecule has 10 heteroatoms. The Balaban J connectivity index is 1.60. The number of nitrogens with one attached hydrogen (secondary N) is 1. The Morgan fingerprint density at radius 3 is 2.42 bits per heavy atom. The van der Waals surface area contributed by atoms with Crippen LogP contribution in [0.1, 0.15) is 35.3 Å². The van der Waals surface area contributed by atoms with Crippen LogP contribution in [0.15, 0.2) is 60.8 Å². The minimum atomic E-state index is -0.548. The van der Waals surface area contributed by atoms with E-state index in [-0.39, 0.29) is 48.8 Å². The van der Waals surface area contributed by atoms with Gasteiger partial charge in [0.15, 0.2) is 0 Å². The minimum absolute atomic E-state index is 0.0939. The number of aliphatic hydroxyl groups is 1. The van der Waals surface area contributed by atoms with Crippen LogP contribution in [0.2, 0.25) is 0 Å². The molecule has 0 aliphatic carbocycles. The van der Waals surface area contributed by atoms with Crippen LogP contribution in [0.25, 0.3) is 0 Å². The third kappa shape index (κ3) is 6.93. The van der Waals surface area contributed by atoms with Crippen molar-refractivity contribution in [2.45, 2.75) is 26.0 Å². The number of likely N-dealkylation sites (N-methyl/N-ethyl adjacent to an activating group) is 1. The number of aromatic nitrogens is 1. The van der Waals surface area contributed by atoms with Gasteiger partial charge in [0.05, 0.1) is 19.2 Å². The first kappa shape index (κ1) is 28.5. The molecule has 4 rings (SSSR count). The molecule has 3 atom stereocenters. The Morgan fingerprint density at radius 2 is 1.77 bits per heavy atom. The van der Waals surface area contributed by atoms with Gasteiger partial charge < -0.3 is 25.0 Å². The number of ether oxygens (including phenoxy) is 1. The molecule has 0 saturated heterocycles. The van der Waals surface area contributed by atoms with E-state index in [1.807, 2.05) is 6.92 Å². The van der Waals surface area contributed by atoms with Crippen LogP contribution in [-0.2, 0) is 0 Å². The van der Waals surface area contributed by atoms with E-state index < -0.39 is 24.0 Å². The summed E-state index contributed by atoms with van der Waals surface area (Å²) < 4.78 is 32.6. The van der Waals surface area contributed by atoms with Crippen LogP contribution in [0, 0.1) is 29.4 Å². The van der Waals surface area contributed by atoms with Gasteiger partial charge in [0.1, 0.15) is 23.3 Å². The predicted octanol–water partition coefficient (Wildman–Crippen LogP) is 4.14. The Morgan fingerprint density at radius 1 is 1.15 bits per heavy atom. The number of urea groups is 1. The minimum Gasteiger partial charge on any atom is -0.472 e. The molecule has 8 nitrogen and oxygen atoms in total. The number of rotatable bonds is 5. The summed E-state index contributed by atoms with van der Waals surface area (Å²) in [6, 6.07) is 11.9. The summed E-state index contributed by atoms with van der Waals surface area (Å²) in [5, 5.41) is 12.6. The van der Waals surface area contributed by atoms with Crippen molar-refractivity contribution in [3.8, 4) is 17.7 Å². The van der Waals surface area contributed by atoms with Gasteiger partial charge in [-0.05, 0) is 61.5 Å². The van der Waals surface area contributed by atoms with Gasteiger partial charge in [-0.2, -0.15) is 0 Å². The number of amides is 3. The molecule has 0 spiro atoms. The van der Waals surface area contributed by atoms with Crippen LogP contribution in [-0.4, -0.2) is 70.7 Å². The summed E-state index contributed by atoms with van der Waals surface area (Å²) in [5.74, 6) is 4.60. The highest BCUT2D eigenvalue weighted by Crippen LogP contribution is 2.27. The van der Waals surface area contributed by atoms with Crippen LogP contribution in [0.4, 0.5) is 19.3 Å². The molecule has 3 amide bonds. The average Bonchev–Trinajstić information content (AvgIpc) is 2.95. The molecule has 208 valence electrons. The number of halogens is 2. The molecule has 2 N–H and O–H groups in total. The van der Waals surface area contributed by atoms with E-state index in [0.29, 0.717) is 16.8 Å². The summed E-state index contributed by atoms with van der Waals surface area (Å²) in [5.41, 5.74) is 1.68. The van der Waals surface area contributed by atoms with Crippen molar-refractivity contribution in [1.82, 2.24) is 14.8 Å². The number of nitrogens with zero attached hydrogens (tertiary/aromatic N) is 3. The Hall–Kier alpha value is -4.49. The fraction of sp³-hybridized carbons (Fsp3) is 0.300. The zero-order chi connectivity index (χ0) is 28.8. The second-order valence-electron chi connectivity index (χ2n) is 9.77. The van der Waals surface area contributed by atoms with E-state index in [2.05, 4.69) is 22.1 Å². The number of hydrogen-bond donors (Lipinski definition) is 2. The molecule has 2 aromatic carbocycles. The van der Waals surface area contributed by atoms with Crippen LogP contribution < -0.4 is 10.1 Å². The largest absolute Gasteiger partial charge is 0.472 e. The van der Waals surface area contributed by atoms with E-state index in [4.69, 9.17) is 4.74 Å². The standard InChI is InChI=1S/C30H30F2N4O4/c1-19-16-36(20(2)18-37)29(38)26-14-22(5-4-21-6-8-23(31)9-7-21)15-33-28(26)40-27(19)17-35(3)30(39)34-25-12-10-24(32)11-13-25/h6-15,19-20,27,37H,16-18H2,1-3H3,(H,34,39)/t19-,20+,27+/m1/s1. The zero-order valence-corrected chi connectivity index (χ0v) is 22.4. The van der Waals surface area contributed by atoms with Crippen LogP contribution in [0.3, 0.4) is 0 Å². The molecular formula is C30H30F2N4O4. The molecule has 1 aliphatic heterocycles. The third-order valence-electron chi connectivity index (χ3n) is 6.61.